The van der Waals surface area contributed by atoms with Crippen LogP contribution in [0.15, 0.2) is 132 Å². The molecule has 0 saturated carbocycles. The first kappa shape index (κ1) is 31.6. The summed E-state index contributed by atoms with van der Waals surface area (Å²) in [6.07, 6.45) is 3.60. The fourth-order valence-electron chi connectivity index (χ4n) is 5.35. The Balaban J connectivity index is 1.21. The minimum atomic E-state index is -1.34. The van der Waals surface area contributed by atoms with Crippen LogP contribution in [0.3, 0.4) is 0 Å². The first-order valence-corrected chi connectivity index (χ1v) is 16.6. The van der Waals surface area contributed by atoms with E-state index in [0.29, 0.717) is 21.4 Å². The topological polar surface area (TPSA) is 102 Å². The molecule has 4 aromatic carbocycles. The quantitative estimate of drug-likeness (QED) is 0.142. The third kappa shape index (κ3) is 7.53. The first-order valence-electron chi connectivity index (χ1n) is 14.4. The molecule has 2 atom stereocenters. The highest BCUT2D eigenvalue weighted by Gasteiger charge is 2.33. The van der Waals surface area contributed by atoms with E-state index in [1.165, 1.54) is 45.9 Å². The van der Waals surface area contributed by atoms with Crippen LogP contribution in [0, 0.1) is 11.6 Å². The second kappa shape index (κ2) is 14.0. The Labute approximate surface area is 272 Å². The molecule has 234 valence electrons. The zero-order chi connectivity index (χ0) is 32.0. The molecule has 46 heavy (non-hydrogen) atoms. The molecule has 0 bridgehead atoms. The Kier molecular flexibility index (Phi) is 9.59. The summed E-state index contributed by atoms with van der Waals surface area (Å²) in [6, 6.07) is 30.8. The number of hydrogen-bond acceptors (Lipinski definition) is 8. The second-order valence-electron chi connectivity index (χ2n) is 11.1. The minimum Gasteiger partial charge on any atom is -0.383 e. The van der Waals surface area contributed by atoms with Gasteiger partial charge < -0.3 is 19.3 Å². The summed E-state index contributed by atoms with van der Waals surface area (Å²) in [7, 11) is 2.59. The van der Waals surface area contributed by atoms with Gasteiger partial charge in [-0.05, 0) is 68.1 Å². The average molecular weight is 657 g/mol. The van der Waals surface area contributed by atoms with Gasteiger partial charge in [0, 0.05) is 12.8 Å². The van der Waals surface area contributed by atoms with Crippen LogP contribution >= 0.6 is 21.6 Å². The highest BCUT2D eigenvalue weighted by molar-refractivity contribution is 8.76. The van der Waals surface area contributed by atoms with E-state index in [-0.39, 0.29) is 37.6 Å². The zero-order valence-electron chi connectivity index (χ0n) is 24.5. The lowest BCUT2D eigenvalue weighted by Crippen LogP contribution is -2.34. The van der Waals surface area contributed by atoms with Crippen molar-refractivity contribution >= 4 is 21.6 Å². The molecular weight excluding hydrogens is 627 g/mol. The lowest BCUT2D eigenvalue weighted by atomic mass is 9.87. The molecule has 2 heterocycles. The van der Waals surface area contributed by atoms with Crippen molar-refractivity contribution in [2.24, 2.45) is 0 Å². The maximum atomic E-state index is 13.6. The van der Waals surface area contributed by atoms with Gasteiger partial charge in [-0.3, -0.25) is 0 Å². The SMILES string of the molecule is OC(Cc1ccc(F)cc1)(Cn1cnnc1SSc1nncn1CC(O)(Cc1ccc(F)cc1)c1ccccc1)c1ccccc1. The van der Waals surface area contributed by atoms with Crippen molar-refractivity contribution in [2.45, 2.75) is 47.4 Å². The third-order valence-electron chi connectivity index (χ3n) is 7.66. The van der Waals surface area contributed by atoms with Crippen molar-refractivity contribution in [2.75, 3.05) is 0 Å². The predicted molar refractivity (Wildman–Crippen MR) is 173 cm³/mol. The molecule has 0 spiro atoms. The van der Waals surface area contributed by atoms with Crippen molar-refractivity contribution in [3.05, 3.63) is 156 Å². The largest absolute Gasteiger partial charge is 0.383 e. The van der Waals surface area contributed by atoms with E-state index in [9.17, 15) is 19.0 Å². The van der Waals surface area contributed by atoms with Gasteiger partial charge in [-0.1, -0.05) is 84.9 Å². The summed E-state index contributed by atoms with van der Waals surface area (Å²) in [5, 5.41) is 41.8. The van der Waals surface area contributed by atoms with E-state index < -0.39 is 11.2 Å². The fourth-order valence-corrected chi connectivity index (χ4v) is 7.29. The van der Waals surface area contributed by atoms with Crippen molar-refractivity contribution in [1.82, 2.24) is 29.5 Å². The molecule has 0 amide bonds. The summed E-state index contributed by atoms with van der Waals surface area (Å²) in [5.41, 5.74) is 0.297. The fraction of sp³-hybridized carbons (Fsp3) is 0.176. The van der Waals surface area contributed by atoms with Crippen molar-refractivity contribution < 1.29 is 19.0 Å². The molecule has 2 aromatic heterocycles. The number of rotatable bonds is 13. The van der Waals surface area contributed by atoms with Crippen molar-refractivity contribution in [1.29, 1.82) is 0 Å². The Morgan fingerprint density at radius 2 is 0.913 bits per heavy atom. The summed E-state index contributed by atoms with van der Waals surface area (Å²) < 4.78 is 30.7. The van der Waals surface area contributed by atoms with Gasteiger partial charge in [-0.15, -0.1) is 20.4 Å². The Hall–Kier alpha value is -4.36. The molecule has 2 N–H and O–H groups in total. The molecule has 2 unspecified atom stereocenters. The van der Waals surface area contributed by atoms with Gasteiger partial charge in [-0.25, -0.2) is 8.78 Å². The maximum absolute atomic E-state index is 13.6. The number of aromatic nitrogens is 6. The molecule has 0 radical (unpaired) electrons. The Morgan fingerprint density at radius 1 is 0.543 bits per heavy atom. The molecule has 6 rings (SSSR count). The number of hydrogen-bond donors (Lipinski definition) is 2. The van der Waals surface area contributed by atoms with E-state index in [0.717, 1.165) is 11.1 Å². The van der Waals surface area contributed by atoms with E-state index >= 15 is 0 Å². The van der Waals surface area contributed by atoms with Crippen LogP contribution in [0.1, 0.15) is 22.3 Å². The first-order chi connectivity index (χ1) is 22.3. The molecule has 8 nitrogen and oxygen atoms in total. The highest BCUT2D eigenvalue weighted by Crippen LogP contribution is 2.38. The number of halogens is 2. The summed E-state index contributed by atoms with van der Waals surface area (Å²) >= 11 is 0. The zero-order valence-corrected chi connectivity index (χ0v) is 26.2. The Bertz CT molecular complexity index is 1720. The Morgan fingerprint density at radius 3 is 1.28 bits per heavy atom. The van der Waals surface area contributed by atoms with Gasteiger partial charge in [0.15, 0.2) is 0 Å². The van der Waals surface area contributed by atoms with Gasteiger partial charge >= 0.3 is 0 Å². The van der Waals surface area contributed by atoms with Gasteiger partial charge in [-0.2, -0.15) is 0 Å². The van der Waals surface area contributed by atoms with E-state index in [1.807, 2.05) is 60.7 Å². The summed E-state index contributed by atoms with van der Waals surface area (Å²) in [5.74, 6) is -0.681. The van der Waals surface area contributed by atoms with Crippen molar-refractivity contribution in [3.63, 3.8) is 0 Å². The molecule has 0 aliphatic rings. The lowest BCUT2D eigenvalue weighted by Gasteiger charge is -2.30. The van der Waals surface area contributed by atoms with Gasteiger partial charge in [0.05, 0.1) is 13.1 Å². The minimum absolute atomic E-state index is 0.141. The standard InChI is InChI=1S/C34H30F2N6O2S2/c35-29-15-11-25(12-16-29)19-33(43,27-7-3-1-4-8-27)21-41-23-37-39-31(41)45-46-32-40-38-24-42(32)22-34(44,28-9-5-2-6-10-28)20-26-13-17-30(36)18-14-26/h1-18,23-24,43-44H,19-22H2. The normalized spacial score (nSPS) is 14.1. The van der Waals surface area contributed by atoms with E-state index in [1.54, 1.807) is 46.1 Å². The van der Waals surface area contributed by atoms with Crippen LogP contribution in [0.2, 0.25) is 0 Å². The summed E-state index contributed by atoms with van der Waals surface area (Å²) in [4.78, 5) is 0. The molecule has 6 aromatic rings. The number of nitrogens with zero attached hydrogens (tertiary/aromatic N) is 6. The van der Waals surface area contributed by atoms with Crippen LogP contribution in [0.5, 0.6) is 0 Å². The third-order valence-corrected chi connectivity index (χ3v) is 9.81. The monoisotopic (exact) mass is 656 g/mol. The van der Waals surface area contributed by atoms with Crippen LogP contribution < -0.4 is 0 Å². The maximum Gasteiger partial charge on any atom is 0.202 e. The smallest absolute Gasteiger partial charge is 0.202 e. The predicted octanol–water partition coefficient (Wildman–Crippen LogP) is 6.21. The second-order valence-corrected chi connectivity index (χ2v) is 13.1. The average Bonchev–Trinajstić information content (AvgIpc) is 3.71. The van der Waals surface area contributed by atoms with Crippen LogP contribution in [-0.2, 0) is 37.1 Å². The van der Waals surface area contributed by atoms with E-state index in [4.69, 9.17) is 0 Å². The van der Waals surface area contributed by atoms with Gasteiger partial charge in [0.25, 0.3) is 0 Å². The highest BCUT2D eigenvalue weighted by atomic mass is 33.1. The van der Waals surface area contributed by atoms with Gasteiger partial charge in [0.2, 0.25) is 10.3 Å². The number of benzene rings is 4. The molecule has 0 saturated heterocycles. The summed E-state index contributed by atoms with van der Waals surface area (Å²) in [6.45, 7) is 0.283. The molecular formula is C34H30F2N6O2S2. The van der Waals surface area contributed by atoms with Crippen molar-refractivity contribution in [3.8, 4) is 0 Å². The molecule has 0 fully saturated rings. The van der Waals surface area contributed by atoms with Crippen LogP contribution in [-0.4, -0.2) is 39.7 Å². The molecule has 0 aliphatic heterocycles. The van der Waals surface area contributed by atoms with Gasteiger partial charge in [0.1, 0.15) is 35.5 Å². The lowest BCUT2D eigenvalue weighted by molar-refractivity contribution is 0.0157. The molecule has 12 heteroatoms. The van der Waals surface area contributed by atoms with Crippen LogP contribution in [0.4, 0.5) is 8.78 Å². The van der Waals surface area contributed by atoms with E-state index in [2.05, 4.69) is 20.4 Å². The number of aliphatic hydroxyl groups is 2. The molecule has 0 aliphatic carbocycles. The van der Waals surface area contributed by atoms with Crippen LogP contribution in [0.25, 0.3) is 0 Å².